The highest BCUT2D eigenvalue weighted by molar-refractivity contribution is 6.59. The first-order chi connectivity index (χ1) is 11.9. The minimum absolute atomic E-state index is 0.0678. The highest BCUT2D eigenvalue weighted by Crippen LogP contribution is 2.39. The van der Waals surface area contributed by atoms with Gasteiger partial charge in [-0.05, 0) is 35.9 Å². The summed E-state index contributed by atoms with van der Waals surface area (Å²) in [6.45, 7) is 1.41. The van der Waals surface area contributed by atoms with Crippen molar-refractivity contribution in [3.8, 4) is 0 Å². The second kappa shape index (κ2) is 6.41. The second-order valence-corrected chi connectivity index (χ2v) is 5.85. The monoisotopic (exact) mass is 356 g/mol. The van der Waals surface area contributed by atoms with Crippen molar-refractivity contribution in [2.24, 2.45) is 0 Å². The summed E-state index contributed by atoms with van der Waals surface area (Å²) in [6, 6.07) is 11.1. The van der Waals surface area contributed by atoms with Crippen LogP contribution in [0.15, 0.2) is 42.5 Å². The van der Waals surface area contributed by atoms with E-state index in [1.54, 1.807) is 24.3 Å². The lowest BCUT2D eigenvalue weighted by atomic mass is 10.0. The molecule has 0 fully saturated rings. The van der Waals surface area contributed by atoms with E-state index in [2.05, 4.69) is 10.6 Å². The normalized spacial score (nSPS) is 14.6. The molecule has 0 saturated heterocycles. The van der Waals surface area contributed by atoms with E-state index in [-0.39, 0.29) is 22.1 Å². The number of amides is 2. The summed E-state index contributed by atoms with van der Waals surface area (Å²) in [5.41, 5.74) is 2.42. The van der Waals surface area contributed by atoms with Crippen LogP contribution >= 0.6 is 11.6 Å². The zero-order chi connectivity index (χ0) is 18.1. The Morgan fingerprint density at radius 1 is 1.08 bits per heavy atom. The van der Waals surface area contributed by atoms with Gasteiger partial charge in [-0.15, -0.1) is 0 Å². The largest absolute Gasteiger partial charge is 0.478 e. The number of hydrogen-bond donors (Lipinski definition) is 3. The lowest BCUT2D eigenvalue weighted by Crippen LogP contribution is -2.06. The predicted molar refractivity (Wildman–Crippen MR) is 95.4 cm³/mol. The van der Waals surface area contributed by atoms with Crippen LogP contribution < -0.4 is 10.6 Å². The van der Waals surface area contributed by atoms with E-state index in [4.69, 9.17) is 16.7 Å². The molecular formula is C18H13ClN2O4. The van der Waals surface area contributed by atoms with Gasteiger partial charge in [0, 0.05) is 23.9 Å². The first-order valence-corrected chi connectivity index (χ1v) is 7.71. The predicted octanol–water partition coefficient (Wildman–Crippen LogP) is 3.40. The molecule has 0 aromatic heterocycles. The topological polar surface area (TPSA) is 95.5 Å². The number of benzene rings is 2. The van der Waals surface area contributed by atoms with E-state index in [0.717, 1.165) is 0 Å². The standard InChI is InChI=1S/C18H13ClN2O4/c1-9(22)20-12-5-2-10(3-6-12)16(19)15-13-8-11(18(24)25)4-7-14(13)21-17(15)23/h2-8H,1H3,(H,20,22)(H,21,23)(H,24,25). The van der Waals surface area contributed by atoms with Gasteiger partial charge >= 0.3 is 5.97 Å². The number of aromatic carboxylic acids is 1. The smallest absolute Gasteiger partial charge is 0.335 e. The maximum absolute atomic E-state index is 12.3. The van der Waals surface area contributed by atoms with Crippen molar-refractivity contribution >= 4 is 51.4 Å². The minimum atomic E-state index is -1.09. The fourth-order valence-corrected chi connectivity index (χ4v) is 2.88. The third-order valence-electron chi connectivity index (χ3n) is 3.69. The summed E-state index contributed by atoms with van der Waals surface area (Å²) in [5.74, 6) is -1.67. The third kappa shape index (κ3) is 3.25. The van der Waals surface area contributed by atoms with Crippen LogP contribution in [0.4, 0.5) is 11.4 Å². The number of carbonyl (C=O) groups is 3. The van der Waals surface area contributed by atoms with Gasteiger partial charge in [-0.2, -0.15) is 0 Å². The Morgan fingerprint density at radius 2 is 1.72 bits per heavy atom. The first-order valence-electron chi connectivity index (χ1n) is 7.33. The van der Waals surface area contributed by atoms with Crippen LogP contribution in [0, 0.1) is 0 Å². The van der Waals surface area contributed by atoms with E-state index in [0.29, 0.717) is 22.5 Å². The Kier molecular flexibility index (Phi) is 4.29. The van der Waals surface area contributed by atoms with Gasteiger partial charge in [-0.25, -0.2) is 4.79 Å². The molecule has 0 radical (unpaired) electrons. The molecule has 3 N–H and O–H groups in total. The Balaban J connectivity index is 2.05. The van der Waals surface area contributed by atoms with Gasteiger partial charge in [-0.3, -0.25) is 9.59 Å². The number of carboxylic acid groups (broad SMARTS) is 1. The maximum atomic E-state index is 12.3. The first kappa shape index (κ1) is 16.7. The molecule has 25 heavy (non-hydrogen) atoms. The van der Waals surface area contributed by atoms with Gasteiger partial charge in [0.2, 0.25) is 5.91 Å². The van der Waals surface area contributed by atoms with E-state index in [1.165, 1.54) is 25.1 Å². The van der Waals surface area contributed by atoms with Crippen LogP contribution in [0.3, 0.4) is 0 Å². The van der Waals surface area contributed by atoms with E-state index in [9.17, 15) is 14.4 Å². The molecule has 0 bridgehead atoms. The Bertz CT molecular complexity index is 933. The number of anilines is 2. The van der Waals surface area contributed by atoms with Crippen molar-refractivity contribution in [3.05, 3.63) is 59.2 Å². The summed E-state index contributed by atoms with van der Waals surface area (Å²) >= 11 is 6.41. The van der Waals surface area contributed by atoms with Gasteiger partial charge in [0.15, 0.2) is 0 Å². The van der Waals surface area contributed by atoms with Crippen LogP contribution in [-0.4, -0.2) is 22.9 Å². The number of hydrogen-bond acceptors (Lipinski definition) is 3. The molecule has 2 amide bonds. The molecule has 1 aliphatic heterocycles. The third-order valence-corrected chi connectivity index (χ3v) is 4.10. The molecule has 0 atom stereocenters. The molecule has 3 rings (SSSR count). The Morgan fingerprint density at radius 3 is 2.32 bits per heavy atom. The van der Waals surface area contributed by atoms with Crippen molar-refractivity contribution in [2.45, 2.75) is 6.92 Å². The van der Waals surface area contributed by atoms with Crippen LogP contribution in [0.25, 0.3) is 10.6 Å². The number of carbonyl (C=O) groups excluding carboxylic acids is 2. The van der Waals surface area contributed by atoms with Crippen LogP contribution in [0.2, 0.25) is 0 Å². The number of halogens is 1. The van der Waals surface area contributed by atoms with Crippen LogP contribution in [-0.2, 0) is 9.59 Å². The molecule has 0 spiro atoms. The van der Waals surface area contributed by atoms with Gasteiger partial charge in [0.25, 0.3) is 5.91 Å². The van der Waals surface area contributed by atoms with Crippen molar-refractivity contribution < 1.29 is 19.5 Å². The van der Waals surface area contributed by atoms with Gasteiger partial charge in [-0.1, -0.05) is 23.7 Å². The molecule has 0 unspecified atom stereocenters. The Labute approximate surface area is 148 Å². The summed E-state index contributed by atoms with van der Waals surface area (Å²) < 4.78 is 0. The van der Waals surface area contributed by atoms with E-state index >= 15 is 0 Å². The Hall–Kier alpha value is -3.12. The van der Waals surface area contributed by atoms with E-state index in [1.807, 2.05) is 0 Å². The van der Waals surface area contributed by atoms with Crippen molar-refractivity contribution in [3.63, 3.8) is 0 Å². The fourth-order valence-electron chi connectivity index (χ4n) is 2.57. The number of nitrogens with one attached hydrogen (secondary N) is 2. The van der Waals surface area contributed by atoms with Crippen LogP contribution in [0.1, 0.15) is 28.4 Å². The average Bonchev–Trinajstić information content (AvgIpc) is 2.89. The molecule has 1 heterocycles. The highest BCUT2D eigenvalue weighted by Gasteiger charge is 2.28. The summed E-state index contributed by atoms with van der Waals surface area (Å²) in [6.07, 6.45) is 0. The number of fused-ring (bicyclic) bond motifs is 1. The molecule has 1 aliphatic rings. The second-order valence-electron chi connectivity index (χ2n) is 5.47. The molecule has 0 aliphatic carbocycles. The zero-order valence-corrected chi connectivity index (χ0v) is 13.8. The molecule has 7 heteroatoms. The number of carboxylic acids is 1. The quantitative estimate of drug-likeness (QED) is 0.734. The van der Waals surface area contributed by atoms with Gasteiger partial charge in [0.1, 0.15) is 0 Å². The zero-order valence-electron chi connectivity index (χ0n) is 13.1. The molecule has 0 saturated carbocycles. The molecule has 6 nitrogen and oxygen atoms in total. The van der Waals surface area contributed by atoms with Crippen molar-refractivity contribution in [1.82, 2.24) is 0 Å². The molecule has 2 aromatic rings. The maximum Gasteiger partial charge on any atom is 0.335 e. The molecule has 2 aromatic carbocycles. The summed E-state index contributed by atoms with van der Waals surface area (Å²) in [5, 5.41) is 14.7. The number of rotatable bonds is 3. The molecule has 126 valence electrons. The minimum Gasteiger partial charge on any atom is -0.478 e. The summed E-state index contributed by atoms with van der Waals surface area (Å²) in [7, 11) is 0. The van der Waals surface area contributed by atoms with E-state index < -0.39 is 11.9 Å². The van der Waals surface area contributed by atoms with Crippen molar-refractivity contribution in [2.75, 3.05) is 10.6 Å². The van der Waals surface area contributed by atoms with Crippen LogP contribution in [0.5, 0.6) is 0 Å². The van der Waals surface area contributed by atoms with Gasteiger partial charge < -0.3 is 15.7 Å². The van der Waals surface area contributed by atoms with Gasteiger partial charge in [0.05, 0.1) is 16.2 Å². The lowest BCUT2D eigenvalue weighted by Gasteiger charge is -2.07. The lowest BCUT2D eigenvalue weighted by molar-refractivity contribution is -0.114. The SMILES string of the molecule is CC(=O)Nc1ccc(C(Cl)=C2C(=O)Nc3ccc(C(=O)O)cc32)cc1. The average molecular weight is 357 g/mol. The highest BCUT2D eigenvalue weighted by atomic mass is 35.5. The summed E-state index contributed by atoms with van der Waals surface area (Å²) in [4.78, 5) is 34.5. The fraction of sp³-hybridized carbons (Fsp3) is 0.0556. The van der Waals surface area contributed by atoms with Crippen molar-refractivity contribution in [1.29, 1.82) is 0 Å². The molecular weight excluding hydrogens is 344 g/mol.